The van der Waals surface area contributed by atoms with Gasteiger partial charge in [-0.1, -0.05) is 19.1 Å². The van der Waals surface area contributed by atoms with Crippen LogP contribution in [0.4, 0.5) is 0 Å². The van der Waals surface area contributed by atoms with E-state index in [2.05, 4.69) is 0 Å². The van der Waals surface area contributed by atoms with Gasteiger partial charge in [-0.25, -0.2) is 0 Å². The second-order valence-electron chi connectivity index (χ2n) is 6.34. The number of amides is 1. The molecule has 3 aliphatic heterocycles. The molecule has 6 heteroatoms. The van der Waals surface area contributed by atoms with Crippen molar-refractivity contribution in [3.05, 3.63) is 36.3 Å². The van der Waals surface area contributed by atoms with E-state index in [1.807, 2.05) is 25.1 Å². The van der Waals surface area contributed by atoms with Crippen molar-refractivity contribution in [2.45, 2.75) is 31.6 Å². The maximum absolute atomic E-state index is 12.8. The number of rotatable bonds is 5. The fourth-order valence-electron chi connectivity index (χ4n) is 3.87. The molecule has 6 nitrogen and oxygen atoms in total. The molecule has 0 N–H and O–H groups in total. The molecule has 0 radical (unpaired) electrons. The van der Waals surface area contributed by atoms with Gasteiger partial charge in [0.15, 0.2) is 0 Å². The van der Waals surface area contributed by atoms with Gasteiger partial charge in [0.1, 0.15) is 17.3 Å². The summed E-state index contributed by atoms with van der Waals surface area (Å²) in [5.74, 6) is -0.705. The maximum atomic E-state index is 12.8. The van der Waals surface area contributed by atoms with Gasteiger partial charge in [0.05, 0.1) is 38.0 Å². The zero-order valence-corrected chi connectivity index (χ0v) is 12.9. The number of hydrogen-bond acceptors (Lipinski definition) is 5. The summed E-state index contributed by atoms with van der Waals surface area (Å²) in [5, 5.41) is 0. The van der Waals surface area contributed by atoms with E-state index in [9.17, 15) is 9.59 Å². The molecule has 1 aromatic heterocycles. The van der Waals surface area contributed by atoms with E-state index < -0.39 is 17.4 Å². The molecule has 2 saturated heterocycles. The Hall–Kier alpha value is -2.08. The molecule has 23 heavy (non-hydrogen) atoms. The Kier molecular flexibility index (Phi) is 3.30. The monoisotopic (exact) mass is 317 g/mol. The van der Waals surface area contributed by atoms with Gasteiger partial charge in [0.2, 0.25) is 5.91 Å². The van der Waals surface area contributed by atoms with E-state index in [-0.39, 0.29) is 18.0 Å². The predicted molar refractivity (Wildman–Crippen MR) is 79.1 cm³/mol. The minimum Gasteiger partial charge on any atom is -0.467 e. The summed E-state index contributed by atoms with van der Waals surface area (Å²) in [4.78, 5) is 26.9. The molecule has 2 bridgehead atoms. The van der Waals surface area contributed by atoms with Crippen molar-refractivity contribution in [2.75, 3.05) is 13.2 Å². The van der Waals surface area contributed by atoms with Gasteiger partial charge in [0.25, 0.3) is 0 Å². The number of likely N-dealkylation sites (tertiary alicyclic amines) is 1. The fraction of sp³-hybridized carbons (Fsp3) is 0.529. The highest BCUT2D eigenvalue weighted by molar-refractivity contribution is 5.91. The molecular weight excluding hydrogens is 298 g/mol. The molecule has 0 aromatic carbocycles. The van der Waals surface area contributed by atoms with Crippen LogP contribution < -0.4 is 0 Å². The van der Waals surface area contributed by atoms with E-state index in [0.717, 1.165) is 12.2 Å². The van der Waals surface area contributed by atoms with Crippen LogP contribution in [0.1, 0.15) is 19.1 Å². The lowest BCUT2D eigenvalue weighted by Crippen LogP contribution is -2.40. The maximum Gasteiger partial charge on any atom is 0.312 e. The van der Waals surface area contributed by atoms with Crippen LogP contribution in [0.5, 0.6) is 0 Å². The Morgan fingerprint density at radius 3 is 3.13 bits per heavy atom. The third-order valence-corrected chi connectivity index (χ3v) is 4.83. The summed E-state index contributed by atoms with van der Waals surface area (Å²) < 4.78 is 16.6. The van der Waals surface area contributed by atoms with E-state index in [0.29, 0.717) is 19.7 Å². The van der Waals surface area contributed by atoms with Crippen LogP contribution in [-0.2, 0) is 25.6 Å². The number of nitrogens with zero attached hydrogens (tertiary/aromatic N) is 1. The first-order valence-corrected chi connectivity index (χ1v) is 7.99. The standard InChI is InChI=1S/C17H19NO5/c1-2-7-22-16(20)13-12-5-6-17(23-12)10-18(15(19)14(13)17)9-11-4-3-8-21-11/h3-6,8,12-14H,2,7,9-10H2,1H3/t12-,13-,14-,17+/m1/s1. The number of carbonyl (C=O) groups excluding carboxylic acids is 2. The van der Waals surface area contributed by atoms with Crippen LogP contribution in [0.25, 0.3) is 0 Å². The number of furan rings is 1. The molecule has 4 heterocycles. The van der Waals surface area contributed by atoms with E-state index in [4.69, 9.17) is 13.9 Å². The number of carbonyl (C=O) groups is 2. The zero-order chi connectivity index (χ0) is 16.0. The summed E-state index contributed by atoms with van der Waals surface area (Å²) in [5.41, 5.74) is -0.690. The lowest BCUT2D eigenvalue weighted by atomic mass is 9.77. The van der Waals surface area contributed by atoms with Gasteiger partial charge in [-0.2, -0.15) is 0 Å². The lowest BCUT2D eigenvalue weighted by Gasteiger charge is -2.22. The van der Waals surface area contributed by atoms with Gasteiger partial charge in [-0.05, 0) is 18.6 Å². The van der Waals surface area contributed by atoms with Crippen molar-refractivity contribution >= 4 is 11.9 Å². The molecule has 1 spiro atoms. The molecule has 4 atom stereocenters. The van der Waals surface area contributed by atoms with Crippen molar-refractivity contribution in [2.24, 2.45) is 11.8 Å². The summed E-state index contributed by atoms with van der Waals surface area (Å²) in [6, 6.07) is 3.63. The highest BCUT2D eigenvalue weighted by atomic mass is 16.6. The molecule has 4 rings (SSSR count). The minimum absolute atomic E-state index is 0.0632. The summed E-state index contributed by atoms with van der Waals surface area (Å²) in [6.07, 6.45) is 5.82. The van der Waals surface area contributed by atoms with Crippen molar-refractivity contribution in [3.63, 3.8) is 0 Å². The first kappa shape index (κ1) is 14.5. The van der Waals surface area contributed by atoms with Gasteiger partial charge in [-0.15, -0.1) is 0 Å². The average molecular weight is 317 g/mol. The second-order valence-corrected chi connectivity index (χ2v) is 6.34. The first-order valence-electron chi connectivity index (χ1n) is 7.99. The average Bonchev–Trinajstić information content (AvgIpc) is 3.28. The summed E-state index contributed by atoms with van der Waals surface area (Å²) >= 11 is 0. The third kappa shape index (κ3) is 2.12. The molecule has 2 fully saturated rings. The molecule has 0 aliphatic carbocycles. The smallest absolute Gasteiger partial charge is 0.312 e. The molecule has 3 aliphatic rings. The Morgan fingerprint density at radius 1 is 1.52 bits per heavy atom. The lowest BCUT2D eigenvalue weighted by molar-refractivity contribution is -0.153. The number of ether oxygens (including phenoxy) is 2. The minimum atomic E-state index is -0.690. The van der Waals surface area contributed by atoms with Crippen LogP contribution in [0.15, 0.2) is 35.0 Å². The van der Waals surface area contributed by atoms with Crippen LogP contribution in [0.2, 0.25) is 0 Å². The van der Waals surface area contributed by atoms with Crippen molar-refractivity contribution in [1.29, 1.82) is 0 Å². The van der Waals surface area contributed by atoms with Crippen molar-refractivity contribution in [3.8, 4) is 0 Å². The number of esters is 1. The van der Waals surface area contributed by atoms with E-state index >= 15 is 0 Å². The summed E-state index contributed by atoms with van der Waals surface area (Å²) in [6.45, 7) is 3.15. The third-order valence-electron chi connectivity index (χ3n) is 4.83. The highest BCUT2D eigenvalue weighted by Gasteiger charge is 2.67. The Labute approximate surface area is 134 Å². The van der Waals surface area contributed by atoms with Gasteiger partial charge < -0.3 is 18.8 Å². The Balaban J connectivity index is 1.57. The largest absolute Gasteiger partial charge is 0.467 e. The normalized spacial score (nSPS) is 34.2. The van der Waals surface area contributed by atoms with Crippen LogP contribution in [-0.4, -0.2) is 41.6 Å². The molecular formula is C17H19NO5. The van der Waals surface area contributed by atoms with Gasteiger partial charge >= 0.3 is 5.97 Å². The second kappa shape index (κ2) is 5.23. The molecule has 1 amide bonds. The van der Waals surface area contributed by atoms with Gasteiger partial charge in [-0.3, -0.25) is 9.59 Å². The molecule has 1 aromatic rings. The SMILES string of the molecule is CCCOC(=O)[C@@H]1[C@H]2C=C[C@@]3(CN(Cc4ccco4)C(=O)[C@@H]13)O2. The fourth-order valence-corrected chi connectivity index (χ4v) is 3.87. The van der Waals surface area contributed by atoms with Crippen molar-refractivity contribution < 1.29 is 23.5 Å². The topological polar surface area (TPSA) is 69.0 Å². The van der Waals surface area contributed by atoms with E-state index in [1.165, 1.54) is 0 Å². The predicted octanol–water partition coefficient (Wildman–Crippen LogP) is 1.51. The first-order chi connectivity index (χ1) is 11.1. The number of hydrogen-bond donors (Lipinski definition) is 0. The van der Waals surface area contributed by atoms with Crippen LogP contribution >= 0.6 is 0 Å². The quantitative estimate of drug-likeness (QED) is 0.608. The van der Waals surface area contributed by atoms with Crippen LogP contribution in [0, 0.1) is 11.8 Å². The molecule has 0 unspecified atom stereocenters. The number of fused-ring (bicyclic) bond motifs is 1. The Morgan fingerprint density at radius 2 is 2.39 bits per heavy atom. The molecule has 0 saturated carbocycles. The van der Waals surface area contributed by atoms with Crippen LogP contribution in [0.3, 0.4) is 0 Å². The Bertz CT molecular complexity index is 652. The van der Waals surface area contributed by atoms with Gasteiger partial charge in [0, 0.05) is 0 Å². The van der Waals surface area contributed by atoms with Crippen molar-refractivity contribution in [1.82, 2.24) is 4.90 Å². The molecule has 122 valence electrons. The summed E-state index contributed by atoms with van der Waals surface area (Å²) in [7, 11) is 0. The van der Waals surface area contributed by atoms with E-state index in [1.54, 1.807) is 17.2 Å². The zero-order valence-electron chi connectivity index (χ0n) is 12.9. The highest BCUT2D eigenvalue weighted by Crippen LogP contribution is 2.52.